The summed E-state index contributed by atoms with van der Waals surface area (Å²) in [5.41, 5.74) is -0.185. The smallest absolute Gasteiger partial charge is 0.273 e. The Morgan fingerprint density at radius 3 is 2.68 bits per heavy atom. The molecule has 4 bridgehead atoms. The fourth-order valence-corrected chi connectivity index (χ4v) is 6.98. The number of carbonyl (C=O) groups excluding carboxylic acids is 1. The van der Waals surface area contributed by atoms with Crippen LogP contribution in [0, 0.1) is 17.8 Å². The minimum absolute atomic E-state index is 0.127. The first-order valence-electron chi connectivity index (χ1n) is 10.5. The lowest BCUT2D eigenvalue weighted by molar-refractivity contribution is -0.136. The molecule has 4 aliphatic carbocycles. The molecule has 5 fully saturated rings. The molecule has 1 amide bonds. The van der Waals surface area contributed by atoms with E-state index >= 15 is 0 Å². The van der Waals surface area contributed by atoms with Crippen LogP contribution >= 0.6 is 11.6 Å². The van der Waals surface area contributed by atoms with E-state index in [1.807, 2.05) is 14.1 Å². The van der Waals surface area contributed by atoms with Gasteiger partial charge in [-0.05, 0) is 62.8 Å². The van der Waals surface area contributed by atoms with Gasteiger partial charge in [0.1, 0.15) is 10.8 Å². The van der Waals surface area contributed by atoms with E-state index < -0.39 is 5.60 Å². The Labute approximate surface area is 170 Å². The molecule has 0 aromatic carbocycles. The highest BCUT2D eigenvalue weighted by Crippen LogP contribution is 2.55. The molecule has 1 aromatic heterocycles. The molecule has 6 rings (SSSR count). The lowest BCUT2D eigenvalue weighted by atomic mass is 9.52. The van der Waals surface area contributed by atoms with Crippen molar-refractivity contribution in [3.63, 3.8) is 0 Å². The van der Waals surface area contributed by atoms with E-state index in [0.29, 0.717) is 34.5 Å². The fraction of sp³-hybridized carbons (Fsp3) is 0.800. The summed E-state index contributed by atoms with van der Waals surface area (Å²) in [5, 5.41) is 22.3. The summed E-state index contributed by atoms with van der Waals surface area (Å²) in [5.74, 6) is 1.97. The molecular formula is C20H30ClN5O2. The van der Waals surface area contributed by atoms with Gasteiger partial charge in [-0.3, -0.25) is 9.48 Å². The Morgan fingerprint density at radius 2 is 2.07 bits per heavy atom. The van der Waals surface area contributed by atoms with E-state index in [1.165, 1.54) is 0 Å². The first kappa shape index (κ1) is 18.7. The molecule has 7 nitrogen and oxygen atoms in total. The SMILES string of the molecule is CN(c1c(Cl)c(C(=O)NC2C3CC4CC2CC(O)(C4)C3)nn1C)[C@@H]1CCNC1. The van der Waals surface area contributed by atoms with Crippen LogP contribution in [-0.4, -0.2) is 58.6 Å². The number of amides is 1. The average molecular weight is 408 g/mol. The van der Waals surface area contributed by atoms with Crippen molar-refractivity contribution in [2.24, 2.45) is 24.8 Å². The maximum Gasteiger partial charge on any atom is 0.273 e. The molecule has 5 aliphatic rings. The van der Waals surface area contributed by atoms with Crippen molar-refractivity contribution in [1.29, 1.82) is 0 Å². The molecule has 0 spiro atoms. The third-order valence-corrected chi connectivity index (χ3v) is 7.98. The molecule has 2 unspecified atom stereocenters. The number of halogens is 1. The predicted molar refractivity (Wildman–Crippen MR) is 108 cm³/mol. The number of nitrogens with one attached hydrogen (secondary N) is 2. The van der Waals surface area contributed by atoms with E-state index in [-0.39, 0.29) is 11.9 Å². The van der Waals surface area contributed by atoms with Gasteiger partial charge in [-0.2, -0.15) is 5.10 Å². The number of aromatic nitrogens is 2. The Bertz CT molecular complexity index is 774. The predicted octanol–water partition coefficient (Wildman–Crippen LogP) is 1.54. The summed E-state index contributed by atoms with van der Waals surface area (Å²) in [6.07, 6.45) is 5.84. The molecule has 0 radical (unpaired) electrons. The van der Waals surface area contributed by atoms with Crippen molar-refractivity contribution < 1.29 is 9.90 Å². The van der Waals surface area contributed by atoms with Gasteiger partial charge in [-0.25, -0.2) is 0 Å². The second kappa shape index (κ2) is 6.61. The molecule has 154 valence electrons. The molecule has 2 heterocycles. The fourth-order valence-electron chi connectivity index (χ4n) is 6.60. The van der Waals surface area contributed by atoms with E-state index in [4.69, 9.17) is 11.6 Å². The van der Waals surface area contributed by atoms with Crippen molar-refractivity contribution in [3.05, 3.63) is 10.7 Å². The quantitative estimate of drug-likeness (QED) is 0.705. The zero-order chi connectivity index (χ0) is 19.6. The lowest BCUT2D eigenvalue weighted by Crippen LogP contribution is -2.61. The van der Waals surface area contributed by atoms with Gasteiger partial charge in [0.15, 0.2) is 5.69 Å². The Kier molecular flexibility index (Phi) is 4.41. The average Bonchev–Trinajstić information content (AvgIpc) is 3.24. The van der Waals surface area contributed by atoms with E-state index in [0.717, 1.165) is 57.4 Å². The van der Waals surface area contributed by atoms with Crippen molar-refractivity contribution >= 4 is 23.3 Å². The maximum absolute atomic E-state index is 13.1. The van der Waals surface area contributed by atoms with Gasteiger partial charge in [0, 0.05) is 32.7 Å². The Balaban J connectivity index is 1.34. The van der Waals surface area contributed by atoms with Crippen LogP contribution in [0.4, 0.5) is 5.82 Å². The third-order valence-electron chi connectivity index (χ3n) is 7.63. The van der Waals surface area contributed by atoms with Gasteiger partial charge in [-0.1, -0.05) is 11.6 Å². The summed E-state index contributed by atoms with van der Waals surface area (Å²) in [7, 11) is 3.86. The van der Waals surface area contributed by atoms with Crippen LogP contribution < -0.4 is 15.5 Å². The van der Waals surface area contributed by atoms with Gasteiger partial charge in [-0.15, -0.1) is 0 Å². The zero-order valence-electron chi connectivity index (χ0n) is 16.6. The number of likely N-dealkylation sites (N-methyl/N-ethyl adjacent to an activating group) is 1. The van der Waals surface area contributed by atoms with Crippen LogP contribution in [0.15, 0.2) is 0 Å². The maximum atomic E-state index is 13.1. The Morgan fingerprint density at radius 1 is 1.36 bits per heavy atom. The highest BCUT2D eigenvalue weighted by Gasteiger charge is 2.55. The van der Waals surface area contributed by atoms with Gasteiger partial charge in [0.25, 0.3) is 5.91 Å². The largest absolute Gasteiger partial charge is 0.390 e. The summed E-state index contributed by atoms with van der Waals surface area (Å²) in [6.45, 7) is 1.91. The molecule has 3 atom stereocenters. The minimum atomic E-state index is -0.494. The van der Waals surface area contributed by atoms with Gasteiger partial charge in [0.2, 0.25) is 0 Å². The molecule has 8 heteroatoms. The molecule has 1 saturated heterocycles. The molecule has 1 aliphatic heterocycles. The van der Waals surface area contributed by atoms with E-state index in [1.54, 1.807) is 4.68 Å². The van der Waals surface area contributed by atoms with Gasteiger partial charge < -0.3 is 20.6 Å². The molecule has 1 aromatic rings. The summed E-state index contributed by atoms with van der Waals surface area (Å²) in [4.78, 5) is 15.2. The van der Waals surface area contributed by atoms with Gasteiger partial charge in [0.05, 0.1) is 5.60 Å². The summed E-state index contributed by atoms with van der Waals surface area (Å²) in [6, 6.07) is 0.483. The highest BCUT2D eigenvalue weighted by molar-refractivity contribution is 6.36. The van der Waals surface area contributed by atoms with Crippen molar-refractivity contribution in [2.45, 2.75) is 56.2 Å². The number of aliphatic hydroxyl groups is 1. The number of hydrogen-bond donors (Lipinski definition) is 3. The molecular weight excluding hydrogens is 378 g/mol. The standard InChI is InChI=1S/C20H30ClN5O2/c1-25(14-3-4-22-10-14)19-15(21)17(24-26(19)2)18(27)23-16-12-5-11-6-13(16)9-20(28,7-11)8-12/h11-14,16,22,28H,3-10H2,1-2H3,(H,23,27)/t11?,12?,13?,14-,16?,20?/m1/s1. The van der Waals surface area contributed by atoms with Crippen LogP contribution in [-0.2, 0) is 7.05 Å². The second-order valence-corrected chi connectivity index (χ2v) is 9.94. The molecule has 28 heavy (non-hydrogen) atoms. The monoisotopic (exact) mass is 407 g/mol. The van der Waals surface area contributed by atoms with Gasteiger partial charge >= 0.3 is 0 Å². The highest BCUT2D eigenvalue weighted by atomic mass is 35.5. The summed E-state index contributed by atoms with van der Waals surface area (Å²) >= 11 is 6.64. The summed E-state index contributed by atoms with van der Waals surface area (Å²) < 4.78 is 1.72. The first-order valence-corrected chi connectivity index (χ1v) is 10.9. The molecule has 3 N–H and O–H groups in total. The number of rotatable bonds is 4. The third kappa shape index (κ3) is 2.94. The lowest BCUT2D eigenvalue weighted by Gasteiger charge is -2.58. The zero-order valence-corrected chi connectivity index (χ0v) is 17.4. The number of carbonyl (C=O) groups is 1. The number of aryl methyl sites for hydroxylation is 1. The molecule has 4 saturated carbocycles. The second-order valence-electron chi connectivity index (χ2n) is 9.56. The van der Waals surface area contributed by atoms with Crippen molar-refractivity contribution in [3.8, 4) is 0 Å². The topological polar surface area (TPSA) is 82.4 Å². The minimum Gasteiger partial charge on any atom is -0.390 e. The van der Waals surface area contributed by atoms with Crippen LogP contribution in [0.25, 0.3) is 0 Å². The van der Waals surface area contributed by atoms with E-state index in [9.17, 15) is 9.90 Å². The normalized spacial score (nSPS) is 38.8. The van der Waals surface area contributed by atoms with Crippen LogP contribution in [0.5, 0.6) is 0 Å². The van der Waals surface area contributed by atoms with Crippen LogP contribution in [0.2, 0.25) is 5.02 Å². The van der Waals surface area contributed by atoms with E-state index in [2.05, 4.69) is 20.6 Å². The number of nitrogens with zero attached hydrogens (tertiary/aromatic N) is 3. The van der Waals surface area contributed by atoms with Crippen molar-refractivity contribution in [1.82, 2.24) is 20.4 Å². The van der Waals surface area contributed by atoms with Crippen molar-refractivity contribution in [2.75, 3.05) is 25.0 Å². The first-order chi connectivity index (χ1) is 13.3. The van der Waals surface area contributed by atoms with Crippen LogP contribution in [0.3, 0.4) is 0 Å². The number of anilines is 1. The Hall–Kier alpha value is -1.31. The van der Waals surface area contributed by atoms with Crippen LogP contribution in [0.1, 0.15) is 49.0 Å². The number of hydrogen-bond acceptors (Lipinski definition) is 5.